The van der Waals surface area contributed by atoms with E-state index in [4.69, 9.17) is 0 Å². The normalized spacial score (nSPS) is 29.0. The van der Waals surface area contributed by atoms with Gasteiger partial charge in [-0.25, -0.2) is 0 Å². The Morgan fingerprint density at radius 1 is 1.17 bits per heavy atom. The number of hydrogen-bond donors (Lipinski definition) is 0. The third-order valence-electron chi connectivity index (χ3n) is 5.86. The van der Waals surface area contributed by atoms with Crippen LogP contribution in [0, 0.1) is 11.8 Å². The summed E-state index contributed by atoms with van der Waals surface area (Å²) in [7, 11) is 0. The van der Waals surface area contributed by atoms with E-state index in [1.807, 2.05) is 12.3 Å². The van der Waals surface area contributed by atoms with Gasteiger partial charge in [-0.3, -0.25) is 9.78 Å². The summed E-state index contributed by atoms with van der Waals surface area (Å²) in [6.45, 7) is 5.76. The van der Waals surface area contributed by atoms with Crippen LogP contribution in [0.15, 0.2) is 24.5 Å². The predicted octanol–water partition coefficient (Wildman–Crippen LogP) is 2.52. The highest BCUT2D eigenvalue weighted by atomic mass is 16.2. The molecule has 2 atom stereocenters. The molecule has 0 unspecified atom stereocenters. The van der Waals surface area contributed by atoms with Crippen LogP contribution in [0.5, 0.6) is 0 Å². The molecule has 4 rings (SSSR count). The van der Waals surface area contributed by atoms with E-state index < -0.39 is 0 Å². The molecule has 4 nitrogen and oxygen atoms in total. The van der Waals surface area contributed by atoms with Gasteiger partial charge in [0.25, 0.3) is 0 Å². The van der Waals surface area contributed by atoms with Crippen LogP contribution in [-0.4, -0.2) is 53.4 Å². The number of nitrogens with zero attached hydrogens (tertiary/aromatic N) is 3. The SMILES string of the molecule is O=C([C@H]1C[C@H]1c1cccnc1)N1CCC(CN2CCCC2)CC1. The molecule has 124 valence electrons. The minimum Gasteiger partial charge on any atom is -0.342 e. The number of carbonyl (C=O) groups is 1. The molecule has 2 aliphatic heterocycles. The molecule has 3 fully saturated rings. The maximum atomic E-state index is 12.7. The Hall–Kier alpha value is -1.42. The Morgan fingerprint density at radius 2 is 1.96 bits per heavy atom. The molecule has 23 heavy (non-hydrogen) atoms. The minimum absolute atomic E-state index is 0.217. The molecule has 1 saturated carbocycles. The van der Waals surface area contributed by atoms with Crippen molar-refractivity contribution in [2.75, 3.05) is 32.7 Å². The average molecular weight is 313 g/mol. The first-order chi connectivity index (χ1) is 11.3. The highest BCUT2D eigenvalue weighted by Crippen LogP contribution is 2.48. The molecule has 1 aliphatic carbocycles. The van der Waals surface area contributed by atoms with Crippen LogP contribution >= 0.6 is 0 Å². The number of aromatic nitrogens is 1. The van der Waals surface area contributed by atoms with Crippen molar-refractivity contribution in [1.29, 1.82) is 0 Å². The van der Waals surface area contributed by atoms with Crippen molar-refractivity contribution in [2.45, 2.75) is 38.0 Å². The zero-order valence-corrected chi connectivity index (χ0v) is 13.9. The Bertz CT molecular complexity index is 533. The fraction of sp³-hybridized carbons (Fsp3) is 0.684. The molecule has 0 radical (unpaired) electrons. The lowest BCUT2D eigenvalue weighted by atomic mass is 9.96. The lowest BCUT2D eigenvalue weighted by Crippen LogP contribution is -2.42. The first-order valence-corrected chi connectivity index (χ1v) is 9.22. The van der Waals surface area contributed by atoms with Crippen LogP contribution in [0.3, 0.4) is 0 Å². The summed E-state index contributed by atoms with van der Waals surface area (Å²) < 4.78 is 0. The van der Waals surface area contributed by atoms with Gasteiger partial charge in [0.05, 0.1) is 0 Å². The van der Waals surface area contributed by atoms with E-state index in [0.29, 0.717) is 11.8 Å². The maximum Gasteiger partial charge on any atom is 0.226 e. The highest BCUT2D eigenvalue weighted by Gasteiger charge is 2.46. The topological polar surface area (TPSA) is 36.4 Å². The van der Waals surface area contributed by atoms with Gasteiger partial charge in [-0.05, 0) is 68.7 Å². The zero-order chi connectivity index (χ0) is 15.6. The summed E-state index contributed by atoms with van der Waals surface area (Å²) in [4.78, 5) is 21.6. The summed E-state index contributed by atoms with van der Waals surface area (Å²) in [5.41, 5.74) is 1.23. The van der Waals surface area contributed by atoms with Crippen LogP contribution in [0.4, 0.5) is 0 Å². The maximum absolute atomic E-state index is 12.7. The van der Waals surface area contributed by atoms with E-state index in [9.17, 15) is 4.79 Å². The van der Waals surface area contributed by atoms with Gasteiger partial charge in [0.15, 0.2) is 0 Å². The van der Waals surface area contributed by atoms with Crippen molar-refractivity contribution in [3.05, 3.63) is 30.1 Å². The van der Waals surface area contributed by atoms with E-state index in [1.165, 1.54) is 50.9 Å². The van der Waals surface area contributed by atoms with Crippen molar-refractivity contribution >= 4 is 5.91 Å². The quantitative estimate of drug-likeness (QED) is 0.857. The fourth-order valence-corrected chi connectivity index (χ4v) is 4.33. The number of amides is 1. The number of carbonyl (C=O) groups excluding carboxylic acids is 1. The molecule has 1 aromatic rings. The number of hydrogen-bond acceptors (Lipinski definition) is 3. The first kappa shape index (κ1) is 15.1. The molecule has 3 heterocycles. The molecule has 3 aliphatic rings. The Balaban J connectivity index is 1.25. The van der Waals surface area contributed by atoms with Gasteiger partial charge in [-0.2, -0.15) is 0 Å². The van der Waals surface area contributed by atoms with Crippen LogP contribution in [-0.2, 0) is 4.79 Å². The van der Waals surface area contributed by atoms with E-state index in [0.717, 1.165) is 25.4 Å². The van der Waals surface area contributed by atoms with Gasteiger partial charge >= 0.3 is 0 Å². The van der Waals surface area contributed by atoms with Crippen molar-refractivity contribution < 1.29 is 4.79 Å². The summed E-state index contributed by atoms with van der Waals surface area (Å²) in [6, 6.07) is 4.08. The van der Waals surface area contributed by atoms with E-state index in [-0.39, 0.29) is 5.92 Å². The molecular weight excluding hydrogens is 286 g/mol. The summed E-state index contributed by atoms with van der Waals surface area (Å²) in [5, 5.41) is 0. The van der Waals surface area contributed by atoms with Crippen LogP contribution in [0.1, 0.15) is 43.6 Å². The number of piperidine rings is 1. The van der Waals surface area contributed by atoms with Crippen LogP contribution in [0.25, 0.3) is 0 Å². The summed E-state index contributed by atoms with van der Waals surface area (Å²) in [6.07, 6.45) is 9.84. The van der Waals surface area contributed by atoms with Crippen molar-refractivity contribution in [2.24, 2.45) is 11.8 Å². The highest BCUT2D eigenvalue weighted by molar-refractivity contribution is 5.83. The second-order valence-corrected chi connectivity index (χ2v) is 7.51. The first-order valence-electron chi connectivity index (χ1n) is 9.22. The third kappa shape index (κ3) is 3.42. The number of pyridine rings is 1. The molecule has 4 heteroatoms. The molecule has 0 aromatic carbocycles. The predicted molar refractivity (Wildman–Crippen MR) is 90.1 cm³/mol. The molecule has 0 N–H and O–H groups in total. The van der Waals surface area contributed by atoms with Gasteiger partial charge in [0, 0.05) is 37.9 Å². The lowest BCUT2D eigenvalue weighted by molar-refractivity contribution is -0.134. The molecule has 2 saturated heterocycles. The standard InChI is InChI=1S/C19H27N3O/c23-19(18-12-17(18)16-4-3-7-20-13-16)22-10-5-15(6-11-22)14-21-8-1-2-9-21/h3-4,7,13,15,17-18H,1-2,5-6,8-12,14H2/t17-,18-/m0/s1. The smallest absolute Gasteiger partial charge is 0.226 e. The Kier molecular flexibility index (Phi) is 4.34. The van der Waals surface area contributed by atoms with Gasteiger partial charge in [0.1, 0.15) is 0 Å². The number of rotatable bonds is 4. The Labute approximate surface area is 138 Å². The molecule has 1 amide bonds. The molecule has 0 spiro atoms. The van der Waals surface area contributed by atoms with Gasteiger partial charge < -0.3 is 9.80 Å². The summed E-state index contributed by atoms with van der Waals surface area (Å²) in [5.74, 6) is 1.82. The largest absolute Gasteiger partial charge is 0.342 e. The van der Waals surface area contributed by atoms with Gasteiger partial charge in [0.2, 0.25) is 5.91 Å². The van der Waals surface area contributed by atoms with E-state index in [2.05, 4.69) is 20.9 Å². The van der Waals surface area contributed by atoms with Crippen LogP contribution < -0.4 is 0 Å². The molecular formula is C19H27N3O. The van der Waals surface area contributed by atoms with Crippen LogP contribution in [0.2, 0.25) is 0 Å². The van der Waals surface area contributed by atoms with Gasteiger partial charge in [-0.1, -0.05) is 6.07 Å². The monoisotopic (exact) mass is 313 g/mol. The van der Waals surface area contributed by atoms with Gasteiger partial charge in [-0.15, -0.1) is 0 Å². The third-order valence-corrected chi connectivity index (χ3v) is 5.86. The van der Waals surface area contributed by atoms with Crippen molar-refractivity contribution in [3.63, 3.8) is 0 Å². The molecule has 0 bridgehead atoms. The minimum atomic E-state index is 0.217. The average Bonchev–Trinajstić information content (AvgIpc) is 3.25. The van der Waals surface area contributed by atoms with E-state index >= 15 is 0 Å². The lowest BCUT2D eigenvalue weighted by Gasteiger charge is -2.34. The van der Waals surface area contributed by atoms with Crippen molar-refractivity contribution in [1.82, 2.24) is 14.8 Å². The zero-order valence-electron chi connectivity index (χ0n) is 13.9. The fourth-order valence-electron chi connectivity index (χ4n) is 4.33. The second-order valence-electron chi connectivity index (χ2n) is 7.51. The number of likely N-dealkylation sites (tertiary alicyclic amines) is 2. The van der Waals surface area contributed by atoms with Crippen molar-refractivity contribution in [3.8, 4) is 0 Å². The summed E-state index contributed by atoms with van der Waals surface area (Å²) >= 11 is 0. The Morgan fingerprint density at radius 3 is 2.65 bits per heavy atom. The van der Waals surface area contributed by atoms with E-state index in [1.54, 1.807) is 6.20 Å². The molecule has 1 aromatic heterocycles. The second kappa shape index (κ2) is 6.60.